The van der Waals surface area contributed by atoms with Crippen LogP contribution in [0, 0.1) is 33.6 Å². The summed E-state index contributed by atoms with van der Waals surface area (Å²) >= 11 is 0. The van der Waals surface area contributed by atoms with Crippen molar-refractivity contribution in [3.8, 4) is 0 Å². The van der Waals surface area contributed by atoms with Crippen LogP contribution in [-0.4, -0.2) is 25.5 Å². The van der Waals surface area contributed by atoms with Crippen LogP contribution in [0.4, 0.5) is 0 Å². The zero-order valence-corrected chi connectivity index (χ0v) is 15.6. The molecule has 0 radical (unpaired) electrons. The van der Waals surface area contributed by atoms with Crippen LogP contribution in [-0.2, 0) is 0 Å². The number of rotatable bonds is 4. The summed E-state index contributed by atoms with van der Waals surface area (Å²) < 4.78 is 1.74. The monoisotopic (exact) mass is 349 g/mol. The molecule has 1 N–H and O–H groups in total. The van der Waals surface area contributed by atoms with Crippen molar-refractivity contribution in [2.75, 3.05) is 0 Å². The zero-order chi connectivity index (χ0) is 18.4. The first-order valence-corrected chi connectivity index (χ1v) is 9.01. The molecule has 6 nitrogen and oxygen atoms in total. The van der Waals surface area contributed by atoms with E-state index in [0.717, 1.165) is 35.5 Å². The van der Waals surface area contributed by atoms with Crippen molar-refractivity contribution in [1.29, 1.82) is 0 Å². The van der Waals surface area contributed by atoms with E-state index in [1.54, 1.807) is 10.7 Å². The quantitative estimate of drug-likeness (QED) is 0.785. The molecule has 1 unspecified atom stereocenters. The van der Waals surface area contributed by atoms with Crippen LogP contribution in [0.25, 0.3) is 5.65 Å². The van der Waals surface area contributed by atoms with Crippen LogP contribution in [0.3, 0.4) is 0 Å². The highest BCUT2D eigenvalue weighted by Gasteiger charge is 2.35. The lowest BCUT2D eigenvalue weighted by atomic mass is 10.1. The number of carbonyl (C=O) groups excluding carboxylic acids is 1. The highest BCUT2D eigenvalue weighted by atomic mass is 16.1. The van der Waals surface area contributed by atoms with Gasteiger partial charge in [-0.25, -0.2) is 9.50 Å². The van der Waals surface area contributed by atoms with Crippen molar-refractivity contribution in [3.05, 3.63) is 58.3 Å². The maximum atomic E-state index is 13.1. The van der Waals surface area contributed by atoms with Gasteiger partial charge in [-0.2, -0.15) is 5.10 Å². The first kappa shape index (κ1) is 16.7. The Hall–Kier alpha value is -2.76. The summed E-state index contributed by atoms with van der Waals surface area (Å²) in [5, 5.41) is 7.71. The second-order valence-corrected chi connectivity index (χ2v) is 7.28. The summed E-state index contributed by atoms with van der Waals surface area (Å²) in [6, 6.07) is 5.92. The zero-order valence-electron chi connectivity index (χ0n) is 15.6. The first-order valence-electron chi connectivity index (χ1n) is 9.01. The number of nitrogens with zero attached hydrogens (tertiary/aromatic N) is 4. The molecule has 1 aliphatic rings. The predicted octanol–water partition coefficient (Wildman–Crippen LogP) is 3.24. The molecule has 3 heterocycles. The van der Waals surface area contributed by atoms with Gasteiger partial charge in [-0.1, -0.05) is 0 Å². The summed E-state index contributed by atoms with van der Waals surface area (Å²) in [5.74, 6) is 0.321. The van der Waals surface area contributed by atoms with E-state index in [4.69, 9.17) is 0 Å². The summed E-state index contributed by atoms with van der Waals surface area (Å²) in [4.78, 5) is 22.2. The minimum Gasteiger partial charge on any atom is -0.343 e. The molecule has 3 aromatic heterocycles. The Labute approximate surface area is 152 Å². The molecule has 3 aromatic rings. The summed E-state index contributed by atoms with van der Waals surface area (Å²) in [5.41, 5.74) is 5.77. The lowest BCUT2D eigenvalue weighted by Crippen LogP contribution is -2.31. The van der Waals surface area contributed by atoms with Gasteiger partial charge in [0.05, 0.1) is 17.4 Å². The first-order chi connectivity index (χ1) is 12.4. The lowest BCUT2D eigenvalue weighted by Gasteiger charge is -2.18. The van der Waals surface area contributed by atoms with E-state index in [-0.39, 0.29) is 11.9 Å². The minimum absolute atomic E-state index is 0.0670. The normalized spacial score (nSPS) is 15.2. The maximum absolute atomic E-state index is 13.1. The molecule has 0 bridgehead atoms. The third-order valence-corrected chi connectivity index (χ3v) is 4.93. The second-order valence-electron chi connectivity index (χ2n) is 7.28. The largest absolute Gasteiger partial charge is 0.343 e. The molecule has 6 heteroatoms. The molecule has 1 fully saturated rings. The van der Waals surface area contributed by atoms with Gasteiger partial charge in [-0.05, 0) is 70.2 Å². The van der Waals surface area contributed by atoms with Crippen molar-refractivity contribution in [2.45, 2.75) is 46.6 Å². The second kappa shape index (κ2) is 6.20. The van der Waals surface area contributed by atoms with Gasteiger partial charge in [0, 0.05) is 17.6 Å². The Morgan fingerprint density at radius 2 is 2.00 bits per heavy atom. The highest BCUT2D eigenvalue weighted by molar-refractivity contribution is 6.01. The average molecular weight is 349 g/mol. The highest BCUT2D eigenvalue weighted by Crippen LogP contribution is 2.40. The summed E-state index contributed by atoms with van der Waals surface area (Å²) in [6.07, 6.45) is 4.04. The molecule has 1 aliphatic carbocycles. The van der Waals surface area contributed by atoms with Crippen LogP contribution in [0.1, 0.15) is 57.6 Å². The third-order valence-electron chi connectivity index (χ3n) is 4.93. The van der Waals surface area contributed by atoms with E-state index in [1.165, 1.54) is 0 Å². The van der Waals surface area contributed by atoms with E-state index in [9.17, 15) is 4.79 Å². The number of pyridine rings is 1. The third kappa shape index (κ3) is 2.96. The van der Waals surface area contributed by atoms with E-state index in [0.29, 0.717) is 22.8 Å². The number of carbonyl (C=O) groups is 1. The van der Waals surface area contributed by atoms with Gasteiger partial charge in [-0.15, -0.1) is 0 Å². The van der Waals surface area contributed by atoms with Gasteiger partial charge in [0.1, 0.15) is 5.56 Å². The Balaban J connectivity index is 1.71. The number of aryl methyl sites for hydroxylation is 4. The molecule has 1 atom stereocenters. The Morgan fingerprint density at radius 1 is 1.23 bits per heavy atom. The Bertz CT molecular complexity index is 1000. The van der Waals surface area contributed by atoms with Crippen LogP contribution in [0.2, 0.25) is 0 Å². The number of hydrogen-bond acceptors (Lipinski definition) is 4. The molecule has 1 amide bonds. The summed E-state index contributed by atoms with van der Waals surface area (Å²) in [7, 11) is 0. The van der Waals surface area contributed by atoms with Crippen LogP contribution in [0.5, 0.6) is 0 Å². The number of fused-ring (bicyclic) bond motifs is 1. The fourth-order valence-corrected chi connectivity index (χ4v) is 3.50. The lowest BCUT2D eigenvalue weighted by molar-refractivity contribution is 0.0931. The molecule has 1 saturated carbocycles. The van der Waals surface area contributed by atoms with E-state index in [2.05, 4.69) is 26.4 Å². The summed E-state index contributed by atoms with van der Waals surface area (Å²) in [6.45, 7) is 7.80. The van der Waals surface area contributed by atoms with Crippen molar-refractivity contribution in [1.82, 2.24) is 24.9 Å². The predicted molar refractivity (Wildman–Crippen MR) is 99.1 cm³/mol. The fraction of sp³-hybridized carbons (Fsp3) is 0.400. The smallest absolute Gasteiger partial charge is 0.257 e. The average Bonchev–Trinajstić information content (AvgIpc) is 3.35. The standard InChI is InChI=1S/C20H23N5O/c1-11-7-8-21-16(9-11)18(15-5-6-15)23-20(26)17-14(4)24-25-13(3)10-12(2)22-19(17)25/h7-10,15,18H,5-6H2,1-4H3,(H,23,26). The minimum atomic E-state index is -0.129. The van der Waals surface area contributed by atoms with Crippen molar-refractivity contribution in [3.63, 3.8) is 0 Å². The van der Waals surface area contributed by atoms with Crippen molar-refractivity contribution in [2.24, 2.45) is 5.92 Å². The Morgan fingerprint density at radius 3 is 2.69 bits per heavy atom. The van der Waals surface area contributed by atoms with Crippen LogP contribution >= 0.6 is 0 Å². The molecule has 4 rings (SSSR count). The topological polar surface area (TPSA) is 72.2 Å². The molecule has 0 aromatic carbocycles. The molecule has 0 spiro atoms. The SMILES string of the molecule is Cc1ccnc(C(NC(=O)c2c(C)nn3c(C)cc(C)nc23)C2CC2)c1. The van der Waals surface area contributed by atoms with Crippen LogP contribution in [0.15, 0.2) is 24.4 Å². The molecule has 134 valence electrons. The number of aromatic nitrogens is 4. The van der Waals surface area contributed by atoms with E-state index < -0.39 is 0 Å². The van der Waals surface area contributed by atoms with E-state index in [1.807, 2.05) is 39.8 Å². The van der Waals surface area contributed by atoms with Crippen LogP contribution < -0.4 is 5.32 Å². The number of amides is 1. The maximum Gasteiger partial charge on any atom is 0.257 e. The molecule has 0 saturated heterocycles. The number of nitrogens with one attached hydrogen (secondary N) is 1. The van der Waals surface area contributed by atoms with Gasteiger partial charge >= 0.3 is 0 Å². The fourth-order valence-electron chi connectivity index (χ4n) is 3.50. The van der Waals surface area contributed by atoms with E-state index >= 15 is 0 Å². The molecular weight excluding hydrogens is 326 g/mol. The van der Waals surface area contributed by atoms with Gasteiger partial charge in [-0.3, -0.25) is 9.78 Å². The number of hydrogen-bond donors (Lipinski definition) is 1. The van der Waals surface area contributed by atoms with Gasteiger partial charge < -0.3 is 5.32 Å². The Kier molecular flexibility index (Phi) is 3.98. The molecular formula is C20H23N5O. The van der Waals surface area contributed by atoms with Crippen molar-refractivity contribution < 1.29 is 4.79 Å². The molecule has 0 aliphatic heterocycles. The van der Waals surface area contributed by atoms with Gasteiger partial charge in [0.2, 0.25) is 0 Å². The van der Waals surface area contributed by atoms with Crippen molar-refractivity contribution >= 4 is 11.6 Å². The molecule has 26 heavy (non-hydrogen) atoms. The van der Waals surface area contributed by atoms with Gasteiger partial charge in [0.15, 0.2) is 5.65 Å². The van der Waals surface area contributed by atoms with Gasteiger partial charge in [0.25, 0.3) is 5.91 Å².